The molecule has 0 saturated heterocycles. The van der Waals surface area contributed by atoms with Crippen LogP contribution in [0.1, 0.15) is 19.4 Å². The fourth-order valence-electron chi connectivity index (χ4n) is 1.56. The van der Waals surface area contributed by atoms with Crippen molar-refractivity contribution < 1.29 is 4.79 Å². The maximum absolute atomic E-state index is 11.5. The zero-order valence-corrected chi connectivity index (χ0v) is 11.4. The first kappa shape index (κ1) is 14.7. The van der Waals surface area contributed by atoms with Crippen LogP contribution in [0, 0.1) is 0 Å². The molecular weight excluding hydrogens is 226 g/mol. The van der Waals surface area contributed by atoms with Gasteiger partial charge in [0.2, 0.25) is 5.91 Å². The van der Waals surface area contributed by atoms with Crippen molar-refractivity contribution in [3.63, 3.8) is 0 Å². The summed E-state index contributed by atoms with van der Waals surface area (Å²) in [5.74, 6) is -0.115. The molecule has 100 valence electrons. The predicted octanol–water partition coefficient (Wildman–Crippen LogP) is 0.972. The van der Waals surface area contributed by atoms with Crippen molar-refractivity contribution in [2.24, 2.45) is 5.73 Å². The summed E-state index contributed by atoms with van der Waals surface area (Å²) in [4.78, 5) is 13.7. The Morgan fingerprint density at radius 1 is 1.33 bits per heavy atom. The van der Waals surface area contributed by atoms with Gasteiger partial charge in [-0.15, -0.1) is 0 Å². The average Bonchev–Trinajstić information content (AvgIpc) is 2.28. The Bertz CT molecular complexity index is 370. The molecule has 0 atom stereocenters. The zero-order chi connectivity index (χ0) is 13.6. The number of carbonyl (C=O) groups excluding carboxylic acids is 1. The van der Waals surface area contributed by atoms with Crippen molar-refractivity contribution in [1.82, 2.24) is 10.2 Å². The van der Waals surface area contributed by atoms with E-state index in [1.54, 1.807) is 13.8 Å². The third-order valence-corrected chi connectivity index (χ3v) is 2.66. The van der Waals surface area contributed by atoms with E-state index in [-0.39, 0.29) is 5.91 Å². The SMILES string of the molecule is CN(CCNC(=O)C(C)(C)N)Cc1ccccc1. The number of likely N-dealkylation sites (N-methyl/N-ethyl adjacent to an activating group) is 1. The third kappa shape index (κ3) is 5.29. The molecule has 18 heavy (non-hydrogen) atoms. The molecule has 0 radical (unpaired) electrons. The van der Waals surface area contributed by atoms with Gasteiger partial charge in [-0.1, -0.05) is 30.3 Å². The summed E-state index contributed by atoms with van der Waals surface area (Å²) >= 11 is 0. The summed E-state index contributed by atoms with van der Waals surface area (Å²) < 4.78 is 0. The van der Waals surface area contributed by atoms with E-state index >= 15 is 0 Å². The van der Waals surface area contributed by atoms with E-state index in [0.29, 0.717) is 6.54 Å². The number of hydrogen-bond acceptors (Lipinski definition) is 3. The highest BCUT2D eigenvalue weighted by molar-refractivity contribution is 5.84. The number of nitrogens with zero attached hydrogens (tertiary/aromatic N) is 1. The topological polar surface area (TPSA) is 58.4 Å². The van der Waals surface area contributed by atoms with Gasteiger partial charge < -0.3 is 16.0 Å². The molecule has 0 aliphatic heterocycles. The normalized spacial score (nSPS) is 11.6. The van der Waals surface area contributed by atoms with Gasteiger partial charge in [0.05, 0.1) is 5.54 Å². The number of hydrogen-bond donors (Lipinski definition) is 2. The molecular formula is C14H23N3O. The van der Waals surface area contributed by atoms with Crippen molar-refractivity contribution in [3.8, 4) is 0 Å². The van der Waals surface area contributed by atoms with Gasteiger partial charge in [0.15, 0.2) is 0 Å². The zero-order valence-electron chi connectivity index (χ0n) is 11.4. The molecule has 3 N–H and O–H groups in total. The lowest BCUT2D eigenvalue weighted by molar-refractivity contribution is -0.125. The Labute approximate surface area is 109 Å². The molecule has 0 aromatic heterocycles. The molecule has 0 heterocycles. The molecule has 1 aromatic rings. The standard InChI is InChI=1S/C14H23N3O/c1-14(2,15)13(18)16-9-10-17(3)11-12-7-5-4-6-8-12/h4-8H,9-11,15H2,1-3H3,(H,16,18). The summed E-state index contributed by atoms with van der Waals surface area (Å²) in [5, 5.41) is 2.83. The molecule has 1 aromatic carbocycles. The number of carbonyl (C=O) groups is 1. The van der Waals surface area contributed by atoms with E-state index < -0.39 is 5.54 Å². The summed E-state index contributed by atoms with van der Waals surface area (Å²) in [6.45, 7) is 5.70. The molecule has 0 aliphatic rings. The van der Waals surface area contributed by atoms with Crippen molar-refractivity contribution >= 4 is 5.91 Å². The first-order valence-electron chi connectivity index (χ1n) is 6.19. The average molecular weight is 249 g/mol. The maximum atomic E-state index is 11.5. The van der Waals surface area contributed by atoms with E-state index in [9.17, 15) is 4.79 Å². The van der Waals surface area contributed by atoms with E-state index in [1.165, 1.54) is 5.56 Å². The quantitative estimate of drug-likeness (QED) is 0.790. The highest BCUT2D eigenvalue weighted by Gasteiger charge is 2.20. The monoisotopic (exact) mass is 249 g/mol. The van der Waals surface area contributed by atoms with E-state index in [2.05, 4.69) is 22.3 Å². The van der Waals surface area contributed by atoms with Crippen molar-refractivity contribution in [3.05, 3.63) is 35.9 Å². The van der Waals surface area contributed by atoms with Crippen LogP contribution < -0.4 is 11.1 Å². The van der Waals surface area contributed by atoms with E-state index in [1.807, 2.05) is 25.2 Å². The smallest absolute Gasteiger partial charge is 0.239 e. The molecule has 0 saturated carbocycles. The second-order valence-corrected chi connectivity index (χ2v) is 5.20. The lowest BCUT2D eigenvalue weighted by atomic mass is 10.1. The number of benzene rings is 1. The second kappa shape index (κ2) is 6.52. The van der Waals surface area contributed by atoms with Crippen LogP contribution in [-0.4, -0.2) is 36.5 Å². The predicted molar refractivity (Wildman–Crippen MR) is 74.1 cm³/mol. The molecule has 0 aliphatic carbocycles. The van der Waals surface area contributed by atoms with Gasteiger partial charge >= 0.3 is 0 Å². The minimum Gasteiger partial charge on any atom is -0.353 e. The van der Waals surface area contributed by atoms with Crippen molar-refractivity contribution in [2.75, 3.05) is 20.1 Å². The first-order chi connectivity index (χ1) is 8.39. The summed E-state index contributed by atoms with van der Waals surface area (Å²) in [5.41, 5.74) is 6.16. The molecule has 1 amide bonds. The highest BCUT2D eigenvalue weighted by Crippen LogP contribution is 2.01. The first-order valence-corrected chi connectivity index (χ1v) is 6.19. The molecule has 0 spiro atoms. The number of rotatable bonds is 6. The minimum atomic E-state index is -0.808. The molecule has 0 unspecified atom stereocenters. The van der Waals surface area contributed by atoms with Crippen LogP contribution in [-0.2, 0) is 11.3 Å². The fourth-order valence-corrected chi connectivity index (χ4v) is 1.56. The second-order valence-electron chi connectivity index (χ2n) is 5.20. The van der Waals surface area contributed by atoms with Crippen LogP contribution in [0.25, 0.3) is 0 Å². The number of amides is 1. The summed E-state index contributed by atoms with van der Waals surface area (Å²) in [6, 6.07) is 10.3. The Kier molecular flexibility index (Phi) is 5.31. The molecule has 0 fully saturated rings. The Balaban J connectivity index is 2.26. The van der Waals surface area contributed by atoms with Crippen LogP contribution in [0.3, 0.4) is 0 Å². The lowest BCUT2D eigenvalue weighted by Crippen LogP contribution is -2.50. The molecule has 4 nitrogen and oxygen atoms in total. The fraction of sp³-hybridized carbons (Fsp3) is 0.500. The maximum Gasteiger partial charge on any atom is 0.239 e. The largest absolute Gasteiger partial charge is 0.353 e. The molecule has 4 heteroatoms. The van der Waals surface area contributed by atoms with Gasteiger partial charge in [-0.2, -0.15) is 0 Å². The van der Waals surface area contributed by atoms with Gasteiger partial charge in [0, 0.05) is 19.6 Å². The molecule has 1 rings (SSSR count). The van der Waals surface area contributed by atoms with E-state index in [4.69, 9.17) is 5.73 Å². The van der Waals surface area contributed by atoms with Crippen LogP contribution in [0.5, 0.6) is 0 Å². The summed E-state index contributed by atoms with van der Waals surface area (Å²) in [6.07, 6.45) is 0. The van der Waals surface area contributed by atoms with Crippen LogP contribution in [0.4, 0.5) is 0 Å². The van der Waals surface area contributed by atoms with Gasteiger partial charge in [-0.25, -0.2) is 0 Å². The highest BCUT2D eigenvalue weighted by atomic mass is 16.2. The Morgan fingerprint density at radius 2 is 1.94 bits per heavy atom. The third-order valence-electron chi connectivity index (χ3n) is 2.66. The van der Waals surface area contributed by atoms with E-state index in [0.717, 1.165) is 13.1 Å². The van der Waals surface area contributed by atoms with Crippen molar-refractivity contribution in [1.29, 1.82) is 0 Å². The Morgan fingerprint density at radius 3 is 2.50 bits per heavy atom. The van der Waals surface area contributed by atoms with Gasteiger partial charge in [0.1, 0.15) is 0 Å². The van der Waals surface area contributed by atoms with Gasteiger partial charge in [-0.3, -0.25) is 4.79 Å². The summed E-state index contributed by atoms with van der Waals surface area (Å²) in [7, 11) is 2.03. The van der Waals surface area contributed by atoms with Gasteiger partial charge in [-0.05, 0) is 26.5 Å². The van der Waals surface area contributed by atoms with Gasteiger partial charge in [0.25, 0.3) is 0 Å². The minimum absolute atomic E-state index is 0.115. The number of nitrogens with one attached hydrogen (secondary N) is 1. The Hall–Kier alpha value is -1.39. The van der Waals surface area contributed by atoms with Crippen molar-refractivity contribution in [2.45, 2.75) is 25.9 Å². The lowest BCUT2D eigenvalue weighted by Gasteiger charge is -2.20. The van der Waals surface area contributed by atoms with Crippen LogP contribution in [0.2, 0.25) is 0 Å². The number of nitrogens with two attached hydrogens (primary N) is 1. The van der Waals surface area contributed by atoms with Crippen LogP contribution >= 0.6 is 0 Å². The van der Waals surface area contributed by atoms with Crippen LogP contribution in [0.15, 0.2) is 30.3 Å². The molecule has 0 bridgehead atoms.